The Kier molecular flexibility index (Phi) is 5.27. The average molecular weight is 417 g/mol. The molecule has 0 saturated heterocycles. The van der Waals surface area contributed by atoms with Crippen molar-refractivity contribution in [2.45, 2.75) is 13.8 Å². The van der Waals surface area contributed by atoms with Gasteiger partial charge in [-0.3, -0.25) is 9.59 Å². The third-order valence-electron chi connectivity index (χ3n) is 4.38. The first-order valence-corrected chi connectivity index (χ1v) is 9.38. The van der Waals surface area contributed by atoms with Crippen LogP contribution in [0.2, 0.25) is 0 Å². The van der Waals surface area contributed by atoms with E-state index in [0.29, 0.717) is 23.1 Å². The molecule has 0 unspecified atom stereocenters. The van der Waals surface area contributed by atoms with Gasteiger partial charge in [0.15, 0.2) is 5.82 Å². The van der Waals surface area contributed by atoms with Crippen molar-refractivity contribution in [3.8, 4) is 17.4 Å². The van der Waals surface area contributed by atoms with Crippen LogP contribution in [0, 0.1) is 13.8 Å². The molecule has 4 rings (SSSR count). The van der Waals surface area contributed by atoms with E-state index in [1.165, 1.54) is 25.5 Å². The van der Waals surface area contributed by atoms with Crippen molar-refractivity contribution in [1.29, 1.82) is 0 Å². The van der Waals surface area contributed by atoms with E-state index in [-0.39, 0.29) is 11.3 Å². The lowest BCUT2D eigenvalue weighted by molar-refractivity contribution is 0.102. The summed E-state index contributed by atoms with van der Waals surface area (Å²) in [6.45, 7) is 3.86. The fourth-order valence-corrected chi connectivity index (χ4v) is 2.91. The number of anilines is 1. The predicted molar refractivity (Wildman–Crippen MR) is 113 cm³/mol. The molecule has 1 N–H and O–H groups in total. The van der Waals surface area contributed by atoms with E-state index in [0.717, 1.165) is 16.1 Å². The lowest BCUT2D eigenvalue weighted by Crippen LogP contribution is -2.23. The van der Waals surface area contributed by atoms with Crippen molar-refractivity contribution in [1.82, 2.24) is 29.5 Å². The Labute approximate surface area is 177 Å². The molecule has 0 aliphatic carbocycles. The maximum atomic E-state index is 12.3. The number of carbonyl (C=O) groups excluding carboxylic acids is 1. The number of amides is 1. The number of aryl methyl sites for hydroxylation is 3. The summed E-state index contributed by atoms with van der Waals surface area (Å²) in [4.78, 5) is 32.1. The predicted octanol–water partition coefficient (Wildman–Crippen LogP) is 2.42. The van der Waals surface area contributed by atoms with Crippen LogP contribution in [0.1, 0.15) is 21.9 Å². The molecule has 31 heavy (non-hydrogen) atoms. The standard InChI is InChI=1S/C21H19N7O3/c1-13-10-14(2)28(25-13)18-11-19(23-12-22-18)31-16-6-4-15(5-7-16)24-21(30)17-8-9-20(29)27(3)26-17/h4-12H,1-3H3,(H,24,30). The molecule has 0 aliphatic heterocycles. The quantitative estimate of drug-likeness (QED) is 0.530. The van der Waals surface area contributed by atoms with Crippen LogP contribution in [-0.4, -0.2) is 35.4 Å². The Morgan fingerprint density at radius 1 is 1.00 bits per heavy atom. The minimum atomic E-state index is -0.422. The molecule has 10 nitrogen and oxygen atoms in total. The van der Waals surface area contributed by atoms with Crippen molar-refractivity contribution in [3.05, 3.63) is 82.3 Å². The number of aromatic nitrogens is 6. The molecular weight excluding hydrogens is 398 g/mol. The van der Waals surface area contributed by atoms with Gasteiger partial charge < -0.3 is 10.1 Å². The highest BCUT2D eigenvalue weighted by atomic mass is 16.5. The third-order valence-corrected chi connectivity index (χ3v) is 4.38. The summed E-state index contributed by atoms with van der Waals surface area (Å²) in [5.74, 6) is 1.08. The van der Waals surface area contributed by atoms with Gasteiger partial charge in [0.05, 0.1) is 5.69 Å². The lowest BCUT2D eigenvalue weighted by atomic mass is 10.3. The molecule has 0 radical (unpaired) electrons. The Hall–Kier alpha value is -4.34. The molecule has 10 heteroatoms. The molecule has 0 bridgehead atoms. The molecule has 4 aromatic rings. The van der Waals surface area contributed by atoms with E-state index in [1.54, 1.807) is 35.0 Å². The van der Waals surface area contributed by atoms with Gasteiger partial charge >= 0.3 is 0 Å². The summed E-state index contributed by atoms with van der Waals surface area (Å²) in [7, 11) is 1.48. The van der Waals surface area contributed by atoms with Crippen LogP contribution in [0.3, 0.4) is 0 Å². The monoisotopic (exact) mass is 417 g/mol. The summed E-state index contributed by atoms with van der Waals surface area (Å²) in [5, 5.41) is 11.1. The maximum absolute atomic E-state index is 12.3. The van der Waals surface area contributed by atoms with Crippen LogP contribution >= 0.6 is 0 Å². The van der Waals surface area contributed by atoms with Crippen LogP contribution in [-0.2, 0) is 7.05 Å². The van der Waals surface area contributed by atoms with Crippen LogP contribution in [0.4, 0.5) is 5.69 Å². The van der Waals surface area contributed by atoms with E-state index in [1.807, 2.05) is 19.9 Å². The Bertz CT molecular complexity index is 1310. The highest BCUT2D eigenvalue weighted by Crippen LogP contribution is 2.23. The van der Waals surface area contributed by atoms with E-state index < -0.39 is 5.91 Å². The fraction of sp³-hybridized carbons (Fsp3) is 0.143. The minimum absolute atomic E-state index is 0.139. The highest BCUT2D eigenvalue weighted by molar-refractivity contribution is 6.02. The summed E-state index contributed by atoms with van der Waals surface area (Å²) in [6, 6.07) is 13.1. The Balaban J connectivity index is 1.46. The second-order valence-corrected chi connectivity index (χ2v) is 6.81. The first-order chi connectivity index (χ1) is 14.9. The van der Waals surface area contributed by atoms with E-state index >= 15 is 0 Å². The lowest BCUT2D eigenvalue weighted by Gasteiger charge is -2.09. The molecule has 0 fully saturated rings. The van der Waals surface area contributed by atoms with Gasteiger partial charge in [-0.15, -0.1) is 0 Å². The number of nitrogens with one attached hydrogen (secondary N) is 1. The zero-order valence-corrected chi connectivity index (χ0v) is 17.1. The van der Waals surface area contributed by atoms with Crippen molar-refractivity contribution in [2.75, 3.05) is 5.32 Å². The van der Waals surface area contributed by atoms with Crippen molar-refractivity contribution >= 4 is 11.6 Å². The molecule has 0 atom stereocenters. The number of benzene rings is 1. The van der Waals surface area contributed by atoms with Crippen molar-refractivity contribution < 1.29 is 9.53 Å². The molecule has 3 heterocycles. The number of nitrogens with zero attached hydrogens (tertiary/aromatic N) is 6. The number of hydrogen-bond acceptors (Lipinski definition) is 7. The molecule has 3 aromatic heterocycles. The van der Waals surface area contributed by atoms with E-state index in [2.05, 4.69) is 25.5 Å². The van der Waals surface area contributed by atoms with Crippen LogP contribution in [0.15, 0.2) is 59.7 Å². The van der Waals surface area contributed by atoms with Gasteiger partial charge in [-0.1, -0.05) is 0 Å². The molecule has 0 spiro atoms. The van der Waals surface area contributed by atoms with Crippen LogP contribution in [0.5, 0.6) is 11.6 Å². The minimum Gasteiger partial charge on any atom is -0.439 e. The SMILES string of the molecule is Cc1cc(C)n(-c2cc(Oc3ccc(NC(=O)c4ccc(=O)n(C)n4)cc3)ncn2)n1. The molecule has 156 valence electrons. The van der Waals surface area contributed by atoms with Gasteiger partial charge in [-0.05, 0) is 50.2 Å². The van der Waals surface area contributed by atoms with Gasteiger partial charge in [0.2, 0.25) is 5.88 Å². The number of hydrogen-bond donors (Lipinski definition) is 1. The zero-order chi connectivity index (χ0) is 22.0. The topological polar surface area (TPSA) is 117 Å². The van der Waals surface area contributed by atoms with Crippen LogP contribution in [0.25, 0.3) is 5.82 Å². The summed E-state index contributed by atoms with van der Waals surface area (Å²) in [6.07, 6.45) is 1.41. The summed E-state index contributed by atoms with van der Waals surface area (Å²) in [5.41, 5.74) is 2.25. The molecule has 0 aliphatic rings. The summed E-state index contributed by atoms with van der Waals surface area (Å²) >= 11 is 0. The second-order valence-electron chi connectivity index (χ2n) is 6.81. The zero-order valence-electron chi connectivity index (χ0n) is 17.1. The normalized spacial score (nSPS) is 10.7. The highest BCUT2D eigenvalue weighted by Gasteiger charge is 2.10. The van der Waals surface area contributed by atoms with Gasteiger partial charge in [-0.2, -0.15) is 10.2 Å². The first kappa shape index (κ1) is 20.0. The van der Waals surface area contributed by atoms with Gasteiger partial charge in [-0.25, -0.2) is 19.3 Å². The number of carbonyl (C=O) groups is 1. The number of ether oxygens (including phenoxy) is 1. The van der Waals surface area contributed by atoms with E-state index in [4.69, 9.17) is 4.74 Å². The Morgan fingerprint density at radius 2 is 1.77 bits per heavy atom. The molecule has 1 aromatic carbocycles. The van der Waals surface area contributed by atoms with E-state index in [9.17, 15) is 9.59 Å². The maximum Gasteiger partial charge on any atom is 0.276 e. The fourth-order valence-electron chi connectivity index (χ4n) is 2.91. The molecule has 0 saturated carbocycles. The summed E-state index contributed by atoms with van der Waals surface area (Å²) < 4.78 is 8.63. The largest absolute Gasteiger partial charge is 0.439 e. The van der Waals surface area contributed by atoms with Crippen molar-refractivity contribution in [3.63, 3.8) is 0 Å². The smallest absolute Gasteiger partial charge is 0.276 e. The first-order valence-electron chi connectivity index (χ1n) is 9.38. The second kappa shape index (κ2) is 8.19. The molecular formula is C21H19N7O3. The van der Waals surface area contributed by atoms with Crippen LogP contribution < -0.4 is 15.6 Å². The number of rotatable bonds is 5. The van der Waals surface area contributed by atoms with Gasteiger partial charge in [0.1, 0.15) is 17.8 Å². The molecule has 1 amide bonds. The average Bonchev–Trinajstić information content (AvgIpc) is 3.09. The Morgan fingerprint density at radius 3 is 2.45 bits per heavy atom. The van der Waals surface area contributed by atoms with Gasteiger partial charge in [0, 0.05) is 30.6 Å². The third kappa shape index (κ3) is 4.47. The van der Waals surface area contributed by atoms with Gasteiger partial charge in [0.25, 0.3) is 11.5 Å². The van der Waals surface area contributed by atoms with Crippen molar-refractivity contribution in [2.24, 2.45) is 7.05 Å².